The van der Waals surface area contributed by atoms with Gasteiger partial charge in [0.05, 0.1) is 0 Å². The summed E-state index contributed by atoms with van der Waals surface area (Å²) in [4.78, 5) is 11.6. The lowest BCUT2D eigenvalue weighted by Crippen LogP contribution is -2.20. The van der Waals surface area contributed by atoms with Crippen molar-refractivity contribution >= 4 is 11.7 Å². The van der Waals surface area contributed by atoms with Crippen LogP contribution in [0.15, 0.2) is 41.1 Å². The van der Waals surface area contributed by atoms with Crippen molar-refractivity contribution in [2.75, 3.05) is 11.9 Å². The first-order valence-corrected chi connectivity index (χ1v) is 6.09. The predicted octanol–water partition coefficient (Wildman–Crippen LogP) is 2.82. The molecule has 0 spiro atoms. The summed E-state index contributed by atoms with van der Waals surface area (Å²) < 4.78 is 10.2. The van der Waals surface area contributed by atoms with Crippen molar-refractivity contribution in [2.24, 2.45) is 0 Å². The summed E-state index contributed by atoms with van der Waals surface area (Å²) in [5, 5.41) is 6.17. The van der Waals surface area contributed by atoms with Crippen molar-refractivity contribution < 1.29 is 14.1 Å². The predicted molar refractivity (Wildman–Crippen MR) is 71.2 cm³/mol. The summed E-state index contributed by atoms with van der Waals surface area (Å²) in [5.74, 6) is 1.18. The van der Waals surface area contributed by atoms with Crippen LogP contribution in [0.25, 0.3) is 0 Å². The number of anilines is 1. The van der Waals surface area contributed by atoms with Crippen LogP contribution in [0, 0.1) is 0 Å². The van der Waals surface area contributed by atoms with E-state index in [2.05, 4.69) is 28.8 Å². The van der Waals surface area contributed by atoms with E-state index >= 15 is 0 Å². The molecule has 0 aliphatic carbocycles. The Morgan fingerprint density at radius 1 is 1.37 bits per heavy atom. The zero-order chi connectivity index (χ0) is 13.7. The third kappa shape index (κ3) is 3.58. The number of rotatable bonds is 5. The lowest BCUT2D eigenvalue weighted by atomic mass is 10.0. The molecule has 5 nitrogen and oxygen atoms in total. The summed E-state index contributed by atoms with van der Waals surface area (Å²) in [7, 11) is 0. The molecule has 0 bridgehead atoms. The molecule has 0 saturated carbocycles. The summed E-state index contributed by atoms with van der Waals surface area (Å²) in [6.07, 6.45) is 1.39. The molecule has 0 radical (unpaired) electrons. The fraction of sp³-hybridized carbons (Fsp3) is 0.286. The number of ether oxygens (including phenoxy) is 1. The van der Waals surface area contributed by atoms with Gasteiger partial charge in [-0.1, -0.05) is 37.2 Å². The van der Waals surface area contributed by atoms with E-state index in [9.17, 15) is 4.79 Å². The maximum absolute atomic E-state index is 11.6. The molecule has 5 heteroatoms. The van der Waals surface area contributed by atoms with Gasteiger partial charge >= 0.3 is 0 Å². The second kappa shape index (κ2) is 6.04. The van der Waals surface area contributed by atoms with Gasteiger partial charge in [-0.2, -0.15) is 0 Å². The van der Waals surface area contributed by atoms with Gasteiger partial charge in [0.1, 0.15) is 12.0 Å². The molecule has 1 aromatic carbocycles. The fourth-order valence-corrected chi connectivity index (χ4v) is 1.69. The van der Waals surface area contributed by atoms with Crippen LogP contribution in [0.1, 0.15) is 25.3 Å². The summed E-state index contributed by atoms with van der Waals surface area (Å²) in [5.41, 5.74) is 1.08. The normalized spacial score (nSPS) is 10.5. The van der Waals surface area contributed by atoms with E-state index < -0.39 is 0 Å². The van der Waals surface area contributed by atoms with Crippen LogP contribution >= 0.6 is 0 Å². The Morgan fingerprint density at radius 2 is 2.16 bits per heavy atom. The topological polar surface area (TPSA) is 64.4 Å². The molecule has 0 fully saturated rings. The summed E-state index contributed by atoms with van der Waals surface area (Å²) >= 11 is 0. The molecule has 1 heterocycles. The number of aromatic nitrogens is 1. The van der Waals surface area contributed by atoms with Gasteiger partial charge in [-0.3, -0.25) is 4.79 Å². The van der Waals surface area contributed by atoms with Gasteiger partial charge in [-0.25, -0.2) is 0 Å². The third-order valence-corrected chi connectivity index (χ3v) is 2.61. The van der Waals surface area contributed by atoms with E-state index in [1.807, 2.05) is 24.3 Å². The van der Waals surface area contributed by atoms with Crippen LogP contribution in [0.5, 0.6) is 5.75 Å². The molecule has 0 aliphatic heterocycles. The van der Waals surface area contributed by atoms with E-state index in [1.54, 1.807) is 6.07 Å². The van der Waals surface area contributed by atoms with Crippen LogP contribution in [0.4, 0.5) is 5.82 Å². The quantitative estimate of drug-likeness (QED) is 0.897. The third-order valence-electron chi connectivity index (χ3n) is 2.61. The van der Waals surface area contributed by atoms with Crippen molar-refractivity contribution in [3.63, 3.8) is 0 Å². The van der Waals surface area contributed by atoms with Crippen molar-refractivity contribution in [2.45, 2.75) is 19.8 Å². The number of amides is 1. The molecule has 0 unspecified atom stereocenters. The van der Waals surface area contributed by atoms with E-state index in [0.29, 0.717) is 11.7 Å². The van der Waals surface area contributed by atoms with Crippen molar-refractivity contribution in [3.8, 4) is 5.75 Å². The lowest BCUT2D eigenvalue weighted by Gasteiger charge is -2.13. The molecule has 1 N–H and O–H groups in total. The Balaban J connectivity index is 1.93. The molecule has 0 saturated heterocycles. The van der Waals surface area contributed by atoms with Gasteiger partial charge in [-0.05, 0) is 17.5 Å². The SMILES string of the molecule is CC(C)c1ccccc1OCC(=O)Nc1ccon1. The first kappa shape index (κ1) is 13.1. The largest absolute Gasteiger partial charge is 0.483 e. The van der Waals surface area contributed by atoms with Gasteiger partial charge in [0.15, 0.2) is 12.4 Å². The minimum Gasteiger partial charge on any atom is -0.483 e. The highest BCUT2D eigenvalue weighted by Crippen LogP contribution is 2.25. The number of benzene rings is 1. The van der Waals surface area contributed by atoms with Gasteiger partial charge in [0.2, 0.25) is 0 Å². The first-order chi connectivity index (χ1) is 9.16. The number of nitrogens with one attached hydrogen (secondary N) is 1. The van der Waals surface area contributed by atoms with Gasteiger partial charge in [0.25, 0.3) is 5.91 Å². The number of hydrogen-bond acceptors (Lipinski definition) is 4. The summed E-state index contributed by atoms with van der Waals surface area (Å²) in [6, 6.07) is 9.27. The maximum Gasteiger partial charge on any atom is 0.263 e. The monoisotopic (exact) mass is 260 g/mol. The second-order valence-electron chi connectivity index (χ2n) is 4.41. The Bertz CT molecular complexity index is 535. The second-order valence-corrected chi connectivity index (χ2v) is 4.41. The number of para-hydroxylation sites is 1. The van der Waals surface area contributed by atoms with Crippen molar-refractivity contribution in [1.29, 1.82) is 0 Å². The van der Waals surface area contributed by atoms with E-state index in [1.165, 1.54) is 6.26 Å². The zero-order valence-electron chi connectivity index (χ0n) is 10.9. The van der Waals surface area contributed by atoms with Crippen LogP contribution in [-0.2, 0) is 4.79 Å². The highest BCUT2D eigenvalue weighted by molar-refractivity contribution is 5.90. The molecule has 0 aliphatic rings. The average Bonchev–Trinajstić information content (AvgIpc) is 2.89. The standard InChI is InChI=1S/C14H16N2O3/c1-10(2)11-5-3-4-6-12(11)18-9-14(17)15-13-7-8-19-16-13/h3-8,10H,9H2,1-2H3,(H,15,16,17). The minimum atomic E-state index is -0.271. The van der Waals surface area contributed by atoms with Crippen molar-refractivity contribution in [1.82, 2.24) is 5.16 Å². The van der Waals surface area contributed by atoms with Crippen LogP contribution < -0.4 is 10.1 Å². The Hall–Kier alpha value is -2.30. The molecule has 100 valence electrons. The molecule has 2 aromatic rings. The van der Waals surface area contributed by atoms with Crippen LogP contribution in [-0.4, -0.2) is 17.7 Å². The van der Waals surface area contributed by atoms with Crippen LogP contribution in [0.2, 0.25) is 0 Å². The molecule has 2 rings (SSSR count). The average molecular weight is 260 g/mol. The maximum atomic E-state index is 11.6. The lowest BCUT2D eigenvalue weighted by molar-refractivity contribution is -0.118. The number of hydrogen-bond donors (Lipinski definition) is 1. The van der Waals surface area contributed by atoms with Gasteiger partial charge in [0, 0.05) is 6.07 Å². The molecule has 1 amide bonds. The Kier molecular flexibility index (Phi) is 4.18. The van der Waals surface area contributed by atoms with Crippen molar-refractivity contribution in [3.05, 3.63) is 42.2 Å². The van der Waals surface area contributed by atoms with Gasteiger partial charge < -0.3 is 14.6 Å². The Morgan fingerprint density at radius 3 is 2.84 bits per heavy atom. The zero-order valence-corrected chi connectivity index (χ0v) is 10.9. The number of carbonyl (C=O) groups is 1. The molecular formula is C14H16N2O3. The highest BCUT2D eigenvalue weighted by Gasteiger charge is 2.09. The van der Waals surface area contributed by atoms with Crippen LogP contribution in [0.3, 0.4) is 0 Å². The molecule has 19 heavy (non-hydrogen) atoms. The number of carbonyl (C=O) groups excluding carboxylic acids is 1. The van der Waals surface area contributed by atoms with E-state index in [4.69, 9.17) is 4.74 Å². The first-order valence-electron chi connectivity index (χ1n) is 6.09. The summed E-state index contributed by atoms with van der Waals surface area (Å²) in [6.45, 7) is 4.10. The fourth-order valence-electron chi connectivity index (χ4n) is 1.69. The molecule has 0 atom stereocenters. The highest BCUT2D eigenvalue weighted by atomic mass is 16.5. The minimum absolute atomic E-state index is 0.0589. The Labute approximate surface area is 111 Å². The number of nitrogens with zero attached hydrogens (tertiary/aromatic N) is 1. The van der Waals surface area contributed by atoms with Gasteiger partial charge in [-0.15, -0.1) is 0 Å². The molecular weight excluding hydrogens is 244 g/mol. The smallest absolute Gasteiger partial charge is 0.263 e. The van der Waals surface area contributed by atoms with E-state index in [-0.39, 0.29) is 12.5 Å². The molecule has 1 aromatic heterocycles. The van der Waals surface area contributed by atoms with E-state index in [0.717, 1.165) is 11.3 Å².